The number of alkyl halides is 3. The number of carboxylic acid groups (broad SMARTS) is 1. The minimum atomic E-state index is -4.46. The summed E-state index contributed by atoms with van der Waals surface area (Å²) in [4.78, 5) is 26.5. The predicted molar refractivity (Wildman–Crippen MR) is 168 cm³/mol. The zero-order valence-electron chi connectivity index (χ0n) is 23.9. The maximum Gasteiger partial charge on any atom is 0.416 e. The average Bonchev–Trinajstić information content (AvgIpc) is 3.37. The van der Waals surface area contributed by atoms with E-state index >= 15 is 0 Å². The number of nitriles is 1. The van der Waals surface area contributed by atoms with E-state index in [1.165, 1.54) is 36.0 Å². The monoisotopic (exact) mass is 647 g/mol. The van der Waals surface area contributed by atoms with Gasteiger partial charge in [-0.3, -0.25) is 4.79 Å². The van der Waals surface area contributed by atoms with Gasteiger partial charge in [-0.25, -0.2) is 4.79 Å². The zero-order chi connectivity index (χ0) is 32.5. The highest BCUT2D eigenvalue weighted by atomic mass is 35.5. The number of carbonyl (C=O) groups is 2. The molecule has 45 heavy (non-hydrogen) atoms. The van der Waals surface area contributed by atoms with Gasteiger partial charge in [0.25, 0.3) is 5.91 Å². The number of aromatic nitrogens is 1. The van der Waals surface area contributed by atoms with Crippen LogP contribution in [0.25, 0.3) is 22.0 Å². The van der Waals surface area contributed by atoms with Crippen LogP contribution >= 0.6 is 23.4 Å². The molecular formula is C34H25ClF3N3O3S. The number of halogens is 4. The molecule has 1 aromatic heterocycles. The van der Waals surface area contributed by atoms with Crippen LogP contribution in [-0.4, -0.2) is 21.6 Å². The molecule has 0 bridgehead atoms. The van der Waals surface area contributed by atoms with E-state index < -0.39 is 29.7 Å². The van der Waals surface area contributed by atoms with Crippen LogP contribution in [0.1, 0.15) is 57.3 Å². The number of benzene rings is 4. The smallest absolute Gasteiger partial charge is 0.416 e. The molecule has 0 radical (unpaired) electrons. The summed E-state index contributed by atoms with van der Waals surface area (Å²) < 4.78 is 41.5. The van der Waals surface area contributed by atoms with Crippen LogP contribution in [0.4, 0.5) is 13.2 Å². The van der Waals surface area contributed by atoms with Gasteiger partial charge in [-0.15, -0.1) is 0 Å². The number of aromatic carboxylic acids is 1. The van der Waals surface area contributed by atoms with Gasteiger partial charge in [0.15, 0.2) is 0 Å². The van der Waals surface area contributed by atoms with E-state index in [0.29, 0.717) is 60.1 Å². The third-order valence-corrected chi connectivity index (χ3v) is 8.56. The molecule has 0 aliphatic carbocycles. The number of hydrogen-bond acceptors (Lipinski definition) is 4. The number of amides is 1. The highest BCUT2D eigenvalue weighted by molar-refractivity contribution is 7.99. The van der Waals surface area contributed by atoms with Crippen LogP contribution in [-0.2, 0) is 12.7 Å². The molecule has 2 N–H and O–H groups in total. The molecular weight excluding hydrogens is 623 g/mol. The molecule has 0 aliphatic heterocycles. The number of nitrogens with zero attached hydrogens (tertiary/aromatic N) is 2. The van der Waals surface area contributed by atoms with Gasteiger partial charge in [0.05, 0.1) is 39.9 Å². The summed E-state index contributed by atoms with van der Waals surface area (Å²) in [6.45, 7) is 4.26. The maximum atomic E-state index is 14.0. The lowest BCUT2D eigenvalue weighted by molar-refractivity contribution is -0.137. The Bertz CT molecular complexity index is 1960. The third-order valence-electron chi connectivity index (χ3n) is 7.31. The van der Waals surface area contributed by atoms with Gasteiger partial charge in [-0.05, 0) is 97.3 Å². The van der Waals surface area contributed by atoms with Gasteiger partial charge in [-0.2, -0.15) is 18.4 Å². The van der Waals surface area contributed by atoms with Crippen molar-refractivity contribution < 1.29 is 27.9 Å². The second kappa shape index (κ2) is 12.7. The minimum absolute atomic E-state index is 0.121. The summed E-state index contributed by atoms with van der Waals surface area (Å²) in [5, 5.41) is 22.7. The number of aryl methyl sites for hydroxylation is 1. The van der Waals surface area contributed by atoms with Crippen LogP contribution in [0.15, 0.2) is 94.9 Å². The Labute approximate surface area is 266 Å². The maximum absolute atomic E-state index is 14.0. The number of carboxylic acids is 1. The van der Waals surface area contributed by atoms with Crippen LogP contribution < -0.4 is 5.32 Å². The van der Waals surface area contributed by atoms with Crippen LogP contribution in [0, 0.1) is 11.3 Å². The Hall–Kier alpha value is -4.72. The molecule has 0 aliphatic rings. The number of carbonyl (C=O) groups excluding carboxylic acids is 1. The molecule has 1 amide bonds. The number of hydrogen-bond donors (Lipinski definition) is 2. The Morgan fingerprint density at radius 2 is 1.69 bits per heavy atom. The lowest BCUT2D eigenvalue weighted by Gasteiger charge is -2.17. The topological polar surface area (TPSA) is 95.1 Å². The van der Waals surface area contributed by atoms with Crippen molar-refractivity contribution in [3.63, 3.8) is 0 Å². The first-order valence-corrected chi connectivity index (χ1v) is 14.9. The van der Waals surface area contributed by atoms with Crippen LogP contribution in [0.3, 0.4) is 0 Å². The van der Waals surface area contributed by atoms with E-state index in [0.717, 1.165) is 12.1 Å². The first-order valence-electron chi connectivity index (χ1n) is 13.7. The van der Waals surface area contributed by atoms with Gasteiger partial charge < -0.3 is 15.0 Å². The normalized spacial score (nSPS) is 12.1. The molecule has 0 fully saturated rings. The molecule has 0 unspecified atom stereocenters. The molecule has 5 rings (SSSR count). The van der Waals surface area contributed by atoms with E-state index in [2.05, 4.69) is 11.4 Å². The summed E-state index contributed by atoms with van der Waals surface area (Å²) in [6.07, 6.45) is -2.60. The molecule has 11 heteroatoms. The summed E-state index contributed by atoms with van der Waals surface area (Å²) in [5.41, 5.74) is 2.72. The summed E-state index contributed by atoms with van der Waals surface area (Å²) in [7, 11) is 0. The van der Waals surface area contributed by atoms with Crippen LogP contribution in [0.5, 0.6) is 0 Å². The standard InChI is InChI=1S/C34H25ClF3N3O3S/c1-3-41-18-30(45-27-10-8-25(9-11-27)34(36,37)38)31-28(32(42)40-19(2)21-4-6-22(7-5-21)33(43)44)15-24(16-29(31)41)23-12-20(17-39)13-26(35)14-23/h4-16,18-19H,3H2,1-2H3,(H,40,42)(H,43,44)/t19-/m0/s1. The van der Waals surface area contributed by atoms with Gasteiger partial charge >= 0.3 is 12.1 Å². The highest BCUT2D eigenvalue weighted by Gasteiger charge is 2.30. The molecule has 6 nitrogen and oxygen atoms in total. The Balaban J connectivity index is 1.63. The second-order valence-electron chi connectivity index (χ2n) is 10.3. The molecule has 0 saturated carbocycles. The van der Waals surface area contributed by atoms with Crippen molar-refractivity contribution in [2.75, 3.05) is 0 Å². The fourth-order valence-electron chi connectivity index (χ4n) is 5.00. The molecule has 4 aromatic carbocycles. The Morgan fingerprint density at radius 1 is 1.02 bits per heavy atom. The molecule has 0 saturated heterocycles. The van der Waals surface area contributed by atoms with Crippen molar-refractivity contribution in [2.24, 2.45) is 0 Å². The lowest BCUT2D eigenvalue weighted by Crippen LogP contribution is -2.27. The molecule has 1 atom stereocenters. The molecule has 0 spiro atoms. The van der Waals surface area contributed by atoms with Crippen molar-refractivity contribution in [3.05, 3.63) is 118 Å². The third kappa shape index (κ3) is 6.85. The van der Waals surface area contributed by atoms with Gasteiger partial charge in [-0.1, -0.05) is 35.5 Å². The summed E-state index contributed by atoms with van der Waals surface area (Å²) in [5.74, 6) is -1.47. The van der Waals surface area contributed by atoms with Crippen molar-refractivity contribution >= 4 is 46.1 Å². The van der Waals surface area contributed by atoms with Gasteiger partial charge in [0.2, 0.25) is 0 Å². The van der Waals surface area contributed by atoms with E-state index in [4.69, 9.17) is 11.6 Å². The van der Waals surface area contributed by atoms with Crippen LogP contribution in [0.2, 0.25) is 5.02 Å². The van der Waals surface area contributed by atoms with E-state index in [1.54, 1.807) is 43.3 Å². The number of rotatable bonds is 8. The van der Waals surface area contributed by atoms with Gasteiger partial charge in [0, 0.05) is 32.9 Å². The molecule has 1 heterocycles. The van der Waals surface area contributed by atoms with Crippen molar-refractivity contribution in [3.8, 4) is 17.2 Å². The quantitative estimate of drug-likeness (QED) is 0.175. The minimum Gasteiger partial charge on any atom is -0.478 e. The van der Waals surface area contributed by atoms with Crippen molar-refractivity contribution in [1.82, 2.24) is 9.88 Å². The second-order valence-corrected chi connectivity index (χ2v) is 11.8. The predicted octanol–water partition coefficient (Wildman–Crippen LogP) is 9.21. The first kappa shape index (κ1) is 31.7. The average molecular weight is 648 g/mol. The lowest BCUT2D eigenvalue weighted by atomic mass is 9.98. The largest absolute Gasteiger partial charge is 0.478 e. The van der Waals surface area contributed by atoms with E-state index in [9.17, 15) is 33.1 Å². The Kier molecular flexibility index (Phi) is 8.96. The summed E-state index contributed by atoms with van der Waals surface area (Å²) >= 11 is 7.56. The zero-order valence-corrected chi connectivity index (χ0v) is 25.5. The molecule has 5 aromatic rings. The number of fused-ring (bicyclic) bond motifs is 1. The van der Waals surface area contributed by atoms with Crippen molar-refractivity contribution in [1.29, 1.82) is 5.26 Å². The van der Waals surface area contributed by atoms with Crippen molar-refractivity contribution in [2.45, 2.75) is 42.4 Å². The van der Waals surface area contributed by atoms with E-state index in [-0.39, 0.29) is 5.56 Å². The Morgan fingerprint density at radius 3 is 2.29 bits per heavy atom. The first-order chi connectivity index (χ1) is 21.4. The SMILES string of the molecule is CCn1cc(Sc2ccc(C(F)(F)F)cc2)c2c(C(=O)N[C@@H](C)c3ccc(C(=O)O)cc3)cc(-c3cc(Cl)cc(C#N)c3)cc21. The molecule has 228 valence electrons. The summed E-state index contributed by atoms with van der Waals surface area (Å²) in [6, 6.07) is 21.2. The van der Waals surface area contributed by atoms with E-state index in [1.807, 2.05) is 23.8 Å². The fraction of sp³-hybridized carbons (Fsp3) is 0.147. The fourth-order valence-corrected chi connectivity index (χ4v) is 6.26. The highest BCUT2D eigenvalue weighted by Crippen LogP contribution is 2.41. The van der Waals surface area contributed by atoms with Gasteiger partial charge in [0.1, 0.15) is 0 Å². The number of nitrogens with one attached hydrogen (secondary N) is 1.